The second kappa shape index (κ2) is 13.6. The van der Waals surface area contributed by atoms with E-state index in [2.05, 4.69) is 5.32 Å². The van der Waals surface area contributed by atoms with Crippen LogP contribution in [0.25, 0.3) is 0 Å². The summed E-state index contributed by atoms with van der Waals surface area (Å²) < 4.78 is 34.0. The molecule has 0 saturated heterocycles. The highest BCUT2D eigenvalue weighted by molar-refractivity contribution is 7.92. The molecular formula is C30H35Cl2N3O5S. The molecule has 0 saturated carbocycles. The average Bonchev–Trinajstić information content (AvgIpc) is 2.91. The minimum atomic E-state index is -4.23. The summed E-state index contributed by atoms with van der Waals surface area (Å²) in [6, 6.07) is 18.2. The molecular weight excluding hydrogens is 585 g/mol. The van der Waals surface area contributed by atoms with Crippen molar-refractivity contribution in [3.05, 3.63) is 88.4 Å². The van der Waals surface area contributed by atoms with Gasteiger partial charge in [0, 0.05) is 22.1 Å². The molecule has 0 aromatic heterocycles. The van der Waals surface area contributed by atoms with Crippen LogP contribution in [-0.4, -0.2) is 50.4 Å². The van der Waals surface area contributed by atoms with Crippen molar-refractivity contribution in [1.82, 2.24) is 10.2 Å². The van der Waals surface area contributed by atoms with E-state index in [0.29, 0.717) is 22.2 Å². The van der Waals surface area contributed by atoms with Crippen molar-refractivity contribution in [3.8, 4) is 5.75 Å². The summed E-state index contributed by atoms with van der Waals surface area (Å²) in [4.78, 5) is 28.8. The Hall–Kier alpha value is -3.27. The number of hydrogen-bond donors (Lipinski definition) is 1. The molecule has 0 aliphatic carbocycles. The summed E-state index contributed by atoms with van der Waals surface area (Å²) in [7, 11) is -2.75. The number of sulfonamides is 1. The zero-order valence-corrected chi connectivity index (χ0v) is 26.1. The van der Waals surface area contributed by atoms with E-state index >= 15 is 0 Å². The minimum absolute atomic E-state index is 0.0344. The van der Waals surface area contributed by atoms with Crippen LogP contribution < -0.4 is 14.4 Å². The molecule has 3 aromatic rings. The zero-order valence-electron chi connectivity index (χ0n) is 23.7. The first-order valence-corrected chi connectivity index (χ1v) is 15.2. The number of carbonyl (C=O) groups is 2. The molecule has 0 bridgehead atoms. The third-order valence-electron chi connectivity index (χ3n) is 6.17. The largest absolute Gasteiger partial charge is 0.497 e. The predicted octanol–water partition coefficient (Wildman–Crippen LogP) is 5.92. The molecule has 0 spiro atoms. The van der Waals surface area contributed by atoms with Crippen LogP contribution in [0.3, 0.4) is 0 Å². The van der Waals surface area contributed by atoms with Crippen molar-refractivity contribution in [2.45, 2.75) is 57.1 Å². The van der Waals surface area contributed by atoms with Crippen molar-refractivity contribution in [3.63, 3.8) is 0 Å². The number of benzene rings is 3. The number of anilines is 1. The fourth-order valence-electron chi connectivity index (χ4n) is 4.19. The smallest absolute Gasteiger partial charge is 0.264 e. The molecule has 3 aromatic carbocycles. The van der Waals surface area contributed by atoms with E-state index in [4.69, 9.17) is 27.9 Å². The van der Waals surface area contributed by atoms with E-state index in [0.717, 1.165) is 9.87 Å². The summed E-state index contributed by atoms with van der Waals surface area (Å²) in [6.07, 6.45) is 0.309. The molecule has 0 fully saturated rings. The fraction of sp³-hybridized carbons (Fsp3) is 0.333. The maximum atomic E-state index is 14.1. The van der Waals surface area contributed by atoms with Crippen molar-refractivity contribution in [1.29, 1.82) is 0 Å². The topological polar surface area (TPSA) is 96.0 Å². The molecule has 11 heteroatoms. The number of nitrogens with one attached hydrogen (secondary N) is 1. The van der Waals surface area contributed by atoms with Gasteiger partial charge >= 0.3 is 0 Å². The maximum Gasteiger partial charge on any atom is 0.264 e. The molecule has 2 amide bonds. The van der Waals surface area contributed by atoms with Crippen LogP contribution >= 0.6 is 23.2 Å². The molecule has 0 radical (unpaired) electrons. The highest BCUT2D eigenvalue weighted by atomic mass is 35.5. The lowest BCUT2D eigenvalue weighted by molar-refractivity contribution is -0.141. The van der Waals surface area contributed by atoms with Gasteiger partial charge < -0.3 is 15.0 Å². The van der Waals surface area contributed by atoms with Gasteiger partial charge in [0.25, 0.3) is 10.0 Å². The summed E-state index contributed by atoms with van der Waals surface area (Å²) >= 11 is 12.3. The lowest BCUT2D eigenvalue weighted by atomic mass is 10.1. The predicted molar refractivity (Wildman–Crippen MR) is 163 cm³/mol. The monoisotopic (exact) mass is 619 g/mol. The van der Waals surface area contributed by atoms with Gasteiger partial charge in [-0.05, 0) is 87.4 Å². The Morgan fingerprint density at radius 3 is 2.12 bits per heavy atom. The number of halogens is 2. The van der Waals surface area contributed by atoms with Gasteiger partial charge in [-0.25, -0.2) is 8.42 Å². The van der Waals surface area contributed by atoms with Crippen molar-refractivity contribution >= 4 is 50.7 Å². The van der Waals surface area contributed by atoms with Crippen LogP contribution in [0.1, 0.15) is 39.7 Å². The lowest BCUT2D eigenvalue weighted by Crippen LogP contribution is -2.55. The second-order valence-corrected chi connectivity index (χ2v) is 13.2. The number of hydrogen-bond acceptors (Lipinski definition) is 5. The normalized spacial score (nSPS) is 12.4. The Morgan fingerprint density at radius 2 is 1.59 bits per heavy atom. The van der Waals surface area contributed by atoms with Crippen LogP contribution in [0.5, 0.6) is 5.75 Å². The number of nitrogens with zero attached hydrogens (tertiary/aromatic N) is 2. The lowest BCUT2D eigenvalue weighted by Gasteiger charge is -2.34. The summed E-state index contributed by atoms with van der Waals surface area (Å²) in [5, 5.41) is 3.78. The van der Waals surface area contributed by atoms with E-state index in [-0.39, 0.29) is 23.0 Å². The van der Waals surface area contributed by atoms with Crippen molar-refractivity contribution < 1.29 is 22.7 Å². The zero-order chi connectivity index (χ0) is 30.4. The van der Waals surface area contributed by atoms with Gasteiger partial charge in [-0.2, -0.15) is 0 Å². The van der Waals surface area contributed by atoms with E-state index in [1.165, 1.54) is 42.3 Å². The minimum Gasteiger partial charge on any atom is -0.497 e. The number of rotatable bonds is 11. The first kappa shape index (κ1) is 32.2. The van der Waals surface area contributed by atoms with E-state index in [9.17, 15) is 18.0 Å². The molecule has 41 heavy (non-hydrogen) atoms. The number of amides is 2. The van der Waals surface area contributed by atoms with Gasteiger partial charge in [0.05, 0.1) is 17.7 Å². The third-order valence-corrected chi connectivity index (χ3v) is 8.45. The standard InChI is InChI=1S/C30H35Cl2N3O5S/c1-6-27(29(37)33-30(2,3)4)34(19-21-10-12-22(31)13-11-21)28(36)20-35(24-9-7-8-23(32)18-24)41(38,39)26-16-14-25(40-5)15-17-26/h7-18,27H,6,19-20H2,1-5H3,(H,33,37). The Morgan fingerprint density at radius 1 is 0.951 bits per heavy atom. The SMILES string of the molecule is CCC(C(=O)NC(C)(C)C)N(Cc1ccc(Cl)cc1)C(=O)CN(c1cccc(Cl)c1)S(=O)(=O)c1ccc(OC)cc1. The molecule has 1 N–H and O–H groups in total. The Bertz CT molecular complexity index is 1460. The van der Waals surface area contributed by atoms with E-state index in [1.807, 2.05) is 20.8 Å². The molecule has 1 unspecified atom stereocenters. The van der Waals surface area contributed by atoms with Crippen LogP contribution in [0, 0.1) is 0 Å². The van der Waals surface area contributed by atoms with Crippen LogP contribution in [0.4, 0.5) is 5.69 Å². The highest BCUT2D eigenvalue weighted by Gasteiger charge is 2.34. The van der Waals surface area contributed by atoms with Gasteiger partial charge in [0.1, 0.15) is 18.3 Å². The number of methoxy groups -OCH3 is 1. The summed E-state index contributed by atoms with van der Waals surface area (Å²) in [6.45, 7) is 6.86. The fourth-order valence-corrected chi connectivity index (χ4v) is 5.91. The van der Waals surface area contributed by atoms with Gasteiger partial charge in [-0.3, -0.25) is 13.9 Å². The van der Waals surface area contributed by atoms with Gasteiger partial charge in [0.2, 0.25) is 11.8 Å². The van der Waals surface area contributed by atoms with Crippen molar-refractivity contribution in [2.75, 3.05) is 18.0 Å². The summed E-state index contributed by atoms with van der Waals surface area (Å²) in [5.41, 5.74) is 0.404. The first-order chi connectivity index (χ1) is 19.2. The molecule has 220 valence electrons. The Kier molecular flexibility index (Phi) is 10.7. The molecule has 3 rings (SSSR count). The van der Waals surface area contributed by atoms with Crippen LogP contribution in [0.15, 0.2) is 77.7 Å². The maximum absolute atomic E-state index is 14.1. The molecule has 0 aliphatic heterocycles. The van der Waals surface area contributed by atoms with Crippen LogP contribution in [-0.2, 0) is 26.2 Å². The van der Waals surface area contributed by atoms with Gasteiger partial charge in [0.15, 0.2) is 0 Å². The van der Waals surface area contributed by atoms with Gasteiger partial charge in [-0.15, -0.1) is 0 Å². The quantitative estimate of drug-likeness (QED) is 0.287. The highest BCUT2D eigenvalue weighted by Crippen LogP contribution is 2.28. The van der Waals surface area contributed by atoms with Crippen LogP contribution in [0.2, 0.25) is 10.0 Å². The van der Waals surface area contributed by atoms with E-state index < -0.39 is 34.1 Å². The molecule has 0 aliphatic rings. The average molecular weight is 621 g/mol. The molecule has 1 atom stereocenters. The molecule has 0 heterocycles. The van der Waals surface area contributed by atoms with E-state index in [1.54, 1.807) is 49.4 Å². The summed E-state index contributed by atoms with van der Waals surface area (Å²) in [5.74, 6) is -0.415. The molecule has 8 nitrogen and oxygen atoms in total. The van der Waals surface area contributed by atoms with Gasteiger partial charge in [-0.1, -0.05) is 48.3 Å². The Balaban J connectivity index is 2.07. The second-order valence-electron chi connectivity index (χ2n) is 10.5. The Labute approximate surface area is 252 Å². The number of ether oxygens (including phenoxy) is 1. The third kappa shape index (κ3) is 8.61. The first-order valence-electron chi connectivity index (χ1n) is 13.0. The van der Waals surface area contributed by atoms with Crippen molar-refractivity contribution in [2.24, 2.45) is 0 Å². The number of carbonyl (C=O) groups excluding carboxylic acids is 2.